The van der Waals surface area contributed by atoms with E-state index in [1.165, 1.54) is 0 Å². The van der Waals surface area contributed by atoms with E-state index in [1.807, 2.05) is 13.8 Å². The third-order valence-electron chi connectivity index (χ3n) is 4.29. The standard InChI is InChI=1S/C15H26N2O4/c1-3-17(4-2)13(19)7-10-16-12(18)11-15(14(20)21)8-5-6-9-15/h3-11H2,1-2H3,(H,16,18)(H,20,21). The van der Waals surface area contributed by atoms with Gasteiger partial charge in [-0.15, -0.1) is 0 Å². The maximum absolute atomic E-state index is 11.9. The average molecular weight is 298 g/mol. The molecule has 0 aromatic heterocycles. The number of carbonyl (C=O) groups is 3. The molecule has 6 nitrogen and oxygen atoms in total. The summed E-state index contributed by atoms with van der Waals surface area (Å²) in [4.78, 5) is 36.8. The molecular formula is C15H26N2O4. The quantitative estimate of drug-likeness (QED) is 0.709. The molecule has 2 amide bonds. The van der Waals surface area contributed by atoms with Gasteiger partial charge in [0, 0.05) is 32.5 Å². The molecule has 120 valence electrons. The number of nitrogens with one attached hydrogen (secondary N) is 1. The van der Waals surface area contributed by atoms with Gasteiger partial charge in [-0.1, -0.05) is 12.8 Å². The number of carboxylic acids is 1. The second-order valence-electron chi connectivity index (χ2n) is 5.64. The summed E-state index contributed by atoms with van der Waals surface area (Å²) < 4.78 is 0. The lowest BCUT2D eigenvalue weighted by molar-refractivity contribution is -0.151. The summed E-state index contributed by atoms with van der Waals surface area (Å²) in [5.74, 6) is -1.14. The second kappa shape index (κ2) is 8.00. The van der Waals surface area contributed by atoms with E-state index in [0.717, 1.165) is 12.8 Å². The molecular weight excluding hydrogens is 272 g/mol. The summed E-state index contributed by atoms with van der Waals surface area (Å²) in [5.41, 5.74) is -0.896. The summed E-state index contributed by atoms with van der Waals surface area (Å²) in [5, 5.41) is 12.0. The highest BCUT2D eigenvalue weighted by molar-refractivity contribution is 5.85. The maximum Gasteiger partial charge on any atom is 0.310 e. The molecule has 0 aliphatic heterocycles. The lowest BCUT2D eigenvalue weighted by atomic mass is 9.82. The first-order valence-electron chi connectivity index (χ1n) is 7.73. The van der Waals surface area contributed by atoms with E-state index in [0.29, 0.717) is 25.9 Å². The van der Waals surface area contributed by atoms with Crippen molar-refractivity contribution in [2.75, 3.05) is 19.6 Å². The topological polar surface area (TPSA) is 86.7 Å². The fraction of sp³-hybridized carbons (Fsp3) is 0.800. The minimum atomic E-state index is -0.896. The van der Waals surface area contributed by atoms with Crippen LogP contribution in [0.1, 0.15) is 52.4 Å². The zero-order valence-electron chi connectivity index (χ0n) is 13.0. The predicted octanol–water partition coefficient (Wildman–Crippen LogP) is 1.40. The van der Waals surface area contributed by atoms with Crippen LogP contribution in [0.3, 0.4) is 0 Å². The van der Waals surface area contributed by atoms with Crippen molar-refractivity contribution in [3.8, 4) is 0 Å². The highest BCUT2D eigenvalue weighted by Gasteiger charge is 2.42. The molecule has 1 saturated carbocycles. The molecule has 0 atom stereocenters. The molecule has 0 spiro atoms. The fourth-order valence-electron chi connectivity index (χ4n) is 2.93. The van der Waals surface area contributed by atoms with Gasteiger partial charge in [-0.25, -0.2) is 0 Å². The Morgan fingerprint density at radius 3 is 2.19 bits per heavy atom. The van der Waals surface area contributed by atoms with Crippen molar-refractivity contribution in [1.29, 1.82) is 0 Å². The van der Waals surface area contributed by atoms with E-state index in [4.69, 9.17) is 0 Å². The molecule has 6 heteroatoms. The second-order valence-corrected chi connectivity index (χ2v) is 5.64. The van der Waals surface area contributed by atoms with Crippen LogP contribution in [0, 0.1) is 5.41 Å². The summed E-state index contributed by atoms with van der Waals surface area (Å²) in [6.45, 7) is 5.41. The molecule has 21 heavy (non-hydrogen) atoms. The Bertz CT molecular complexity index is 385. The van der Waals surface area contributed by atoms with E-state index in [2.05, 4.69) is 5.32 Å². The van der Waals surface area contributed by atoms with Crippen molar-refractivity contribution in [2.24, 2.45) is 5.41 Å². The summed E-state index contributed by atoms with van der Waals surface area (Å²) in [6.07, 6.45) is 3.12. The number of aliphatic carboxylic acids is 1. The Hall–Kier alpha value is -1.59. The Balaban J connectivity index is 2.37. The molecule has 0 aromatic carbocycles. The smallest absolute Gasteiger partial charge is 0.310 e. The van der Waals surface area contributed by atoms with Gasteiger partial charge in [0.25, 0.3) is 0 Å². The lowest BCUT2D eigenvalue weighted by Gasteiger charge is -2.23. The lowest BCUT2D eigenvalue weighted by Crippen LogP contribution is -2.38. The van der Waals surface area contributed by atoms with Gasteiger partial charge in [0.15, 0.2) is 0 Å². The highest BCUT2D eigenvalue weighted by atomic mass is 16.4. The largest absolute Gasteiger partial charge is 0.481 e. The summed E-state index contributed by atoms with van der Waals surface area (Å²) in [6, 6.07) is 0. The van der Waals surface area contributed by atoms with Crippen molar-refractivity contribution in [3.05, 3.63) is 0 Å². The fourth-order valence-corrected chi connectivity index (χ4v) is 2.93. The number of amides is 2. The van der Waals surface area contributed by atoms with Crippen LogP contribution >= 0.6 is 0 Å². The first-order valence-corrected chi connectivity index (χ1v) is 7.73. The van der Waals surface area contributed by atoms with Crippen LogP contribution in [0.5, 0.6) is 0 Å². The number of rotatable bonds is 8. The van der Waals surface area contributed by atoms with Crippen LogP contribution in [0.4, 0.5) is 0 Å². The number of nitrogens with zero attached hydrogens (tertiary/aromatic N) is 1. The van der Waals surface area contributed by atoms with E-state index in [-0.39, 0.29) is 31.2 Å². The molecule has 2 N–H and O–H groups in total. The Morgan fingerprint density at radius 1 is 1.14 bits per heavy atom. The van der Waals surface area contributed by atoms with Gasteiger partial charge in [-0.05, 0) is 26.7 Å². The molecule has 1 aliphatic rings. The predicted molar refractivity (Wildman–Crippen MR) is 78.7 cm³/mol. The molecule has 0 bridgehead atoms. The molecule has 0 aromatic rings. The molecule has 0 radical (unpaired) electrons. The van der Waals surface area contributed by atoms with Gasteiger partial charge >= 0.3 is 5.97 Å². The van der Waals surface area contributed by atoms with E-state index >= 15 is 0 Å². The van der Waals surface area contributed by atoms with Crippen LogP contribution in [-0.4, -0.2) is 47.4 Å². The van der Waals surface area contributed by atoms with Gasteiger partial charge in [-0.2, -0.15) is 0 Å². The monoisotopic (exact) mass is 298 g/mol. The zero-order chi connectivity index (χ0) is 15.9. The van der Waals surface area contributed by atoms with Gasteiger partial charge in [0.2, 0.25) is 11.8 Å². The number of carbonyl (C=O) groups excluding carboxylic acids is 2. The minimum absolute atomic E-state index is 0.00844. The molecule has 0 saturated heterocycles. The van der Waals surface area contributed by atoms with Crippen LogP contribution in [0.15, 0.2) is 0 Å². The third kappa shape index (κ3) is 4.72. The van der Waals surface area contributed by atoms with Crippen LogP contribution in [0.25, 0.3) is 0 Å². The van der Waals surface area contributed by atoms with Gasteiger partial charge in [0.05, 0.1) is 5.41 Å². The first kappa shape index (κ1) is 17.5. The number of hydrogen-bond donors (Lipinski definition) is 2. The summed E-state index contributed by atoms with van der Waals surface area (Å²) in [7, 11) is 0. The Labute approximate surface area is 125 Å². The van der Waals surface area contributed by atoms with E-state index < -0.39 is 11.4 Å². The van der Waals surface area contributed by atoms with Crippen LogP contribution in [0.2, 0.25) is 0 Å². The third-order valence-corrected chi connectivity index (χ3v) is 4.29. The van der Waals surface area contributed by atoms with Crippen LogP contribution < -0.4 is 5.32 Å². The normalized spacial score (nSPS) is 16.5. The summed E-state index contributed by atoms with van der Waals surface area (Å²) >= 11 is 0. The van der Waals surface area contributed by atoms with Crippen molar-refractivity contribution in [2.45, 2.75) is 52.4 Å². The van der Waals surface area contributed by atoms with E-state index in [1.54, 1.807) is 4.90 Å². The minimum Gasteiger partial charge on any atom is -0.481 e. The number of carboxylic acid groups (broad SMARTS) is 1. The van der Waals surface area contributed by atoms with Gasteiger partial charge < -0.3 is 15.3 Å². The van der Waals surface area contributed by atoms with E-state index in [9.17, 15) is 19.5 Å². The molecule has 1 fully saturated rings. The molecule has 1 aliphatic carbocycles. The Kier molecular flexibility index (Phi) is 6.65. The van der Waals surface area contributed by atoms with Crippen LogP contribution in [-0.2, 0) is 14.4 Å². The SMILES string of the molecule is CCN(CC)C(=O)CCNC(=O)CC1(C(=O)O)CCCC1. The Morgan fingerprint density at radius 2 is 1.71 bits per heavy atom. The first-order chi connectivity index (χ1) is 9.95. The maximum atomic E-state index is 11.9. The molecule has 0 heterocycles. The molecule has 1 rings (SSSR count). The van der Waals surface area contributed by atoms with Gasteiger partial charge in [0.1, 0.15) is 0 Å². The highest BCUT2D eigenvalue weighted by Crippen LogP contribution is 2.41. The van der Waals surface area contributed by atoms with Crippen molar-refractivity contribution >= 4 is 17.8 Å². The molecule has 0 unspecified atom stereocenters. The van der Waals surface area contributed by atoms with Crippen molar-refractivity contribution in [1.82, 2.24) is 10.2 Å². The van der Waals surface area contributed by atoms with Crippen molar-refractivity contribution in [3.63, 3.8) is 0 Å². The van der Waals surface area contributed by atoms with Crippen molar-refractivity contribution < 1.29 is 19.5 Å². The number of hydrogen-bond acceptors (Lipinski definition) is 3. The zero-order valence-corrected chi connectivity index (χ0v) is 13.0. The van der Waals surface area contributed by atoms with Gasteiger partial charge in [-0.3, -0.25) is 14.4 Å². The average Bonchev–Trinajstić information content (AvgIpc) is 2.90.